The number of aliphatic carboxylic acids is 1. The zero-order valence-corrected chi connectivity index (χ0v) is 12.1. The first-order chi connectivity index (χ1) is 9.20. The molecule has 106 valence electrons. The first-order valence-corrected chi connectivity index (χ1v) is 7.69. The lowest BCUT2D eigenvalue weighted by atomic mass is 10.0. The van der Waals surface area contributed by atoms with Crippen LogP contribution in [0.3, 0.4) is 0 Å². The first kappa shape index (κ1) is 14.5. The number of nitrogens with zero attached hydrogens (tertiary/aromatic N) is 1. The SMILES string of the molecule is CCC(c1cccs1)N1CCC(OCC(=O)O)CC1. The zero-order chi connectivity index (χ0) is 13.7. The van der Waals surface area contributed by atoms with E-state index >= 15 is 0 Å². The van der Waals surface area contributed by atoms with Gasteiger partial charge in [-0.05, 0) is 30.7 Å². The second-order valence-corrected chi connectivity index (χ2v) is 5.86. The van der Waals surface area contributed by atoms with Crippen molar-refractivity contribution in [2.24, 2.45) is 0 Å². The molecule has 1 aliphatic rings. The highest BCUT2D eigenvalue weighted by atomic mass is 32.1. The van der Waals surface area contributed by atoms with Crippen LogP contribution in [-0.4, -0.2) is 41.8 Å². The van der Waals surface area contributed by atoms with Crippen LogP contribution in [0.5, 0.6) is 0 Å². The standard InChI is InChI=1S/C14H21NO3S/c1-2-12(13-4-3-9-19-13)15-7-5-11(6-8-15)18-10-14(16)17/h3-4,9,11-12H,2,5-8,10H2,1H3,(H,16,17). The van der Waals surface area contributed by atoms with E-state index < -0.39 is 5.97 Å². The summed E-state index contributed by atoms with van der Waals surface area (Å²) in [6.07, 6.45) is 3.07. The molecule has 0 aliphatic carbocycles. The molecule has 2 heterocycles. The summed E-state index contributed by atoms with van der Waals surface area (Å²) in [5.41, 5.74) is 0. The zero-order valence-electron chi connectivity index (χ0n) is 11.2. The van der Waals surface area contributed by atoms with Crippen molar-refractivity contribution < 1.29 is 14.6 Å². The predicted molar refractivity (Wildman–Crippen MR) is 75.5 cm³/mol. The van der Waals surface area contributed by atoms with Crippen molar-refractivity contribution in [2.45, 2.75) is 38.3 Å². The Labute approximate surface area is 118 Å². The van der Waals surface area contributed by atoms with Gasteiger partial charge in [-0.25, -0.2) is 4.79 Å². The van der Waals surface area contributed by atoms with Crippen molar-refractivity contribution in [2.75, 3.05) is 19.7 Å². The quantitative estimate of drug-likeness (QED) is 0.872. The number of hydrogen-bond donors (Lipinski definition) is 1. The summed E-state index contributed by atoms with van der Waals surface area (Å²) in [4.78, 5) is 14.4. The van der Waals surface area contributed by atoms with Crippen LogP contribution >= 0.6 is 11.3 Å². The normalized spacial score (nSPS) is 19.4. The van der Waals surface area contributed by atoms with Gasteiger partial charge in [-0.3, -0.25) is 4.90 Å². The molecule has 0 radical (unpaired) electrons. The number of carbonyl (C=O) groups is 1. The summed E-state index contributed by atoms with van der Waals surface area (Å²) in [6.45, 7) is 4.02. The largest absolute Gasteiger partial charge is 0.480 e. The van der Waals surface area contributed by atoms with Crippen molar-refractivity contribution in [1.29, 1.82) is 0 Å². The van der Waals surface area contributed by atoms with E-state index in [9.17, 15) is 4.79 Å². The molecule has 1 unspecified atom stereocenters. The Balaban J connectivity index is 1.83. The second kappa shape index (κ2) is 7.03. The van der Waals surface area contributed by atoms with Gasteiger partial charge >= 0.3 is 5.97 Å². The molecule has 0 spiro atoms. The molecular weight excluding hydrogens is 262 g/mol. The molecule has 5 heteroatoms. The van der Waals surface area contributed by atoms with Crippen molar-refractivity contribution in [1.82, 2.24) is 4.90 Å². The number of carboxylic acids is 1. The van der Waals surface area contributed by atoms with Gasteiger partial charge in [-0.15, -0.1) is 11.3 Å². The van der Waals surface area contributed by atoms with Gasteiger partial charge in [0.15, 0.2) is 0 Å². The van der Waals surface area contributed by atoms with Crippen molar-refractivity contribution in [3.8, 4) is 0 Å². The summed E-state index contributed by atoms with van der Waals surface area (Å²) in [6, 6.07) is 4.80. The highest BCUT2D eigenvalue weighted by Crippen LogP contribution is 2.30. The molecule has 4 nitrogen and oxygen atoms in total. The highest BCUT2D eigenvalue weighted by molar-refractivity contribution is 7.10. The summed E-state index contributed by atoms with van der Waals surface area (Å²) in [5.74, 6) is -0.882. The van der Waals surface area contributed by atoms with Gasteiger partial charge in [0, 0.05) is 24.0 Å². The molecule has 0 saturated carbocycles. The Morgan fingerprint density at radius 3 is 2.84 bits per heavy atom. The Morgan fingerprint density at radius 1 is 1.58 bits per heavy atom. The van der Waals surface area contributed by atoms with Crippen molar-refractivity contribution >= 4 is 17.3 Å². The molecule has 1 N–H and O–H groups in total. The molecule has 0 aromatic carbocycles. The number of hydrogen-bond acceptors (Lipinski definition) is 4. The van der Waals surface area contributed by atoms with Crippen LogP contribution in [0.1, 0.15) is 37.1 Å². The van der Waals surface area contributed by atoms with Crippen LogP contribution in [0.4, 0.5) is 0 Å². The summed E-state index contributed by atoms with van der Waals surface area (Å²) < 4.78 is 5.37. The number of piperidine rings is 1. The van der Waals surface area contributed by atoms with Crippen LogP contribution in [0.25, 0.3) is 0 Å². The lowest BCUT2D eigenvalue weighted by Crippen LogP contribution is -2.39. The third-order valence-corrected chi connectivity index (χ3v) is 4.59. The maximum absolute atomic E-state index is 10.5. The average Bonchev–Trinajstić information content (AvgIpc) is 2.92. The van der Waals surface area contributed by atoms with Gasteiger partial charge in [0.05, 0.1) is 6.10 Å². The molecule has 1 saturated heterocycles. The van der Waals surface area contributed by atoms with Gasteiger partial charge in [0.25, 0.3) is 0 Å². The third kappa shape index (κ3) is 4.03. The van der Waals surface area contributed by atoms with E-state index in [1.807, 2.05) is 11.3 Å². The van der Waals surface area contributed by atoms with Gasteiger partial charge in [0.2, 0.25) is 0 Å². The lowest BCUT2D eigenvalue weighted by Gasteiger charge is -2.36. The summed E-state index contributed by atoms with van der Waals surface area (Å²) >= 11 is 1.81. The van der Waals surface area contributed by atoms with Crippen LogP contribution in [0.15, 0.2) is 17.5 Å². The van der Waals surface area contributed by atoms with Crippen LogP contribution in [0, 0.1) is 0 Å². The maximum Gasteiger partial charge on any atom is 0.329 e. The van der Waals surface area contributed by atoms with Crippen molar-refractivity contribution in [3.63, 3.8) is 0 Å². The van der Waals surface area contributed by atoms with Crippen LogP contribution in [0.2, 0.25) is 0 Å². The second-order valence-electron chi connectivity index (χ2n) is 4.88. The Bertz CT molecular complexity index is 385. The minimum Gasteiger partial charge on any atom is -0.480 e. The fraction of sp³-hybridized carbons (Fsp3) is 0.643. The molecule has 0 amide bonds. The summed E-state index contributed by atoms with van der Waals surface area (Å²) in [7, 11) is 0. The van der Waals surface area contributed by atoms with E-state index in [1.165, 1.54) is 4.88 Å². The molecular formula is C14H21NO3S. The highest BCUT2D eigenvalue weighted by Gasteiger charge is 2.26. The van der Waals surface area contributed by atoms with E-state index in [1.54, 1.807) is 0 Å². The Morgan fingerprint density at radius 2 is 2.32 bits per heavy atom. The monoisotopic (exact) mass is 283 g/mol. The maximum atomic E-state index is 10.5. The van der Waals surface area contributed by atoms with E-state index in [-0.39, 0.29) is 12.7 Å². The van der Waals surface area contributed by atoms with Gasteiger partial charge in [-0.2, -0.15) is 0 Å². The number of ether oxygens (including phenoxy) is 1. The fourth-order valence-corrected chi connectivity index (χ4v) is 3.61. The predicted octanol–water partition coefficient (Wildman–Crippen LogP) is 2.76. The van der Waals surface area contributed by atoms with E-state index in [4.69, 9.17) is 9.84 Å². The topological polar surface area (TPSA) is 49.8 Å². The average molecular weight is 283 g/mol. The molecule has 19 heavy (non-hydrogen) atoms. The molecule has 1 atom stereocenters. The number of carboxylic acid groups (broad SMARTS) is 1. The molecule has 0 bridgehead atoms. The Hall–Kier alpha value is -0.910. The first-order valence-electron chi connectivity index (χ1n) is 6.81. The molecule has 1 aromatic rings. The lowest BCUT2D eigenvalue weighted by molar-refractivity contribution is -0.145. The molecule has 1 aromatic heterocycles. The van der Waals surface area contributed by atoms with E-state index in [0.29, 0.717) is 6.04 Å². The van der Waals surface area contributed by atoms with E-state index in [0.717, 1.165) is 32.4 Å². The number of rotatable bonds is 6. The van der Waals surface area contributed by atoms with E-state index in [2.05, 4.69) is 29.3 Å². The van der Waals surface area contributed by atoms with Crippen LogP contribution < -0.4 is 0 Å². The Kier molecular flexibility index (Phi) is 5.36. The minimum absolute atomic E-state index is 0.105. The smallest absolute Gasteiger partial charge is 0.329 e. The van der Waals surface area contributed by atoms with Crippen LogP contribution in [-0.2, 0) is 9.53 Å². The van der Waals surface area contributed by atoms with Gasteiger partial charge < -0.3 is 9.84 Å². The minimum atomic E-state index is -0.882. The third-order valence-electron chi connectivity index (χ3n) is 3.62. The summed E-state index contributed by atoms with van der Waals surface area (Å²) in [5, 5.41) is 10.7. The molecule has 1 aliphatic heterocycles. The van der Waals surface area contributed by atoms with Crippen molar-refractivity contribution in [3.05, 3.63) is 22.4 Å². The molecule has 2 rings (SSSR count). The van der Waals surface area contributed by atoms with Gasteiger partial charge in [-0.1, -0.05) is 13.0 Å². The number of thiophene rings is 1. The fourth-order valence-electron chi connectivity index (χ4n) is 2.66. The number of likely N-dealkylation sites (tertiary alicyclic amines) is 1. The molecule has 1 fully saturated rings. The van der Waals surface area contributed by atoms with Gasteiger partial charge in [0.1, 0.15) is 6.61 Å².